The number of rotatable bonds is 6. The Kier molecular flexibility index (Phi) is 5.65. The van der Waals surface area contributed by atoms with Crippen LogP contribution < -0.4 is 5.32 Å². The van der Waals surface area contributed by atoms with Crippen LogP contribution in [0, 0.1) is 6.92 Å². The van der Waals surface area contributed by atoms with E-state index >= 15 is 0 Å². The van der Waals surface area contributed by atoms with E-state index in [9.17, 15) is 9.90 Å². The van der Waals surface area contributed by atoms with Crippen LogP contribution in [0.2, 0.25) is 0 Å². The molecule has 0 bridgehead atoms. The summed E-state index contributed by atoms with van der Waals surface area (Å²) in [5, 5.41) is 12.4. The topological polar surface area (TPSA) is 58.6 Å². The highest BCUT2D eigenvalue weighted by atomic mass is 16.5. The van der Waals surface area contributed by atoms with Crippen molar-refractivity contribution in [1.29, 1.82) is 0 Å². The normalized spacial score (nSPS) is 12.2. The van der Waals surface area contributed by atoms with Gasteiger partial charge < -0.3 is 15.2 Å². The lowest BCUT2D eigenvalue weighted by molar-refractivity contribution is -0.146. The minimum absolute atomic E-state index is 0.230. The molecule has 0 radical (unpaired) electrons. The van der Waals surface area contributed by atoms with Gasteiger partial charge in [-0.2, -0.15) is 0 Å². The van der Waals surface area contributed by atoms with Crippen LogP contribution in [0.25, 0.3) is 0 Å². The first-order valence-corrected chi connectivity index (χ1v) is 6.23. The minimum atomic E-state index is -0.485. The Bertz CT molecular complexity index is 404. The van der Waals surface area contributed by atoms with E-state index in [1.165, 1.54) is 0 Å². The van der Waals surface area contributed by atoms with E-state index in [4.69, 9.17) is 4.74 Å². The Morgan fingerprint density at radius 1 is 1.50 bits per heavy atom. The number of hydrogen-bond acceptors (Lipinski definition) is 4. The van der Waals surface area contributed by atoms with Gasteiger partial charge in [-0.05, 0) is 37.6 Å². The number of carbonyl (C=O) groups excluding carboxylic acids is 1. The van der Waals surface area contributed by atoms with Crippen LogP contribution in [0.15, 0.2) is 18.2 Å². The zero-order valence-electron chi connectivity index (χ0n) is 11.2. The number of aryl methyl sites for hydroxylation is 1. The molecule has 100 valence electrons. The van der Waals surface area contributed by atoms with E-state index < -0.39 is 6.04 Å². The summed E-state index contributed by atoms with van der Waals surface area (Å²) in [4.78, 5) is 11.9. The fourth-order valence-electron chi connectivity index (χ4n) is 1.68. The van der Waals surface area contributed by atoms with Crippen LogP contribution in [-0.4, -0.2) is 24.7 Å². The molecule has 0 aliphatic carbocycles. The lowest BCUT2D eigenvalue weighted by Crippen LogP contribution is -2.27. The molecular formula is C14H21NO3. The maximum atomic E-state index is 11.9. The largest absolute Gasteiger partial charge is 0.508 e. The van der Waals surface area contributed by atoms with Crippen molar-refractivity contribution in [2.75, 3.05) is 13.7 Å². The third-order valence-electron chi connectivity index (χ3n) is 2.82. The van der Waals surface area contributed by atoms with E-state index in [0.717, 1.165) is 24.0 Å². The molecule has 0 fully saturated rings. The van der Waals surface area contributed by atoms with E-state index in [2.05, 4.69) is 5.32 Å². The van der Waals surface area contributed by atoms with E-state index in [0.29, 0.717) is 6.61 Å². The number of nitrogens with one attached hydrogen (secondary N) is 1. The van der Waals surface area contributed by atoms with E-state index in [-0.39, 0.29) is 11.7 Å². The first-order valence-electron chi connectivity index (χ1n) is 6.23. The number of likely N-dealkylation sites (N-methyl/N-ethyl adjacent to an activating group) is 1. The standard InChI is InChI=1S/C14H21NO3/c1-4-5-8-18-14(17)13(15-3)11-6-7-12(16)10(2)9-11/h6-7,9,13,15-16H,4-5,8H2,1-3H3. The zero-order chi connectivity index (χ0) is 13.5. The van der Waals surface area contributed by atoms with Gasteiger partial charge in [0.25, 0.3) is 0 Å². The smallest absolute Gasteiger partial charge is 0.327 e. The van der Waals surface area contributed by atoms with Crippen molar-refractivity contribution in [2.24, 2.45) is 0 Å². The fourth-order valence-corrected chi connectivity index (χ4v) is 1.68. The molecule has 0 aliphatic heterocycles. The first-order chi connectivity index (χ1) is 8.60. The van der Waals surface area contributed by atoms with Gasteiger partial charge in [0.1, 0.15) is 11.8 Å². The van der Waals surface area contributed by atoms with Crippen molar-refractivity contribution in [2.45, 2.75) is 32.7 Å². The Balaban J connectivity index is 2.75. The van der Waals surface area contributed by atoms with Gasteiger partial charge in [0.05, 0.1) is 6.61 Å². The third-order valence-corrected chi connectivity index (χ3v) is 2.82. The Morgan fingerprint density at radius 3 is 2.78 bits per heavy atom. The molecule has 1 unspecified atom stereocenters. The van der Waals surface area contributed by atoms with Gasteiger partial charge in [-0.15, -0.1) is 0 Å². The lowest BCUT2D eigenvalue weighted by Gasteiger charge is -2.16. The molecule has 0 saturated carbocycles. The maximum absolute atomic E-state index is 11.9. The molecule has 0 heterocycles. The van der Waals surface area contributed by atoms with Gasteiger partial charge >= 0.3 is 5.97 Å². The number of carbonyl (C=O) groups is 1. The summed E-state index contributed by atoms with van der Waals surface area (Å²) >= 11 is 0. The Hall–Kier alpha value is -1.55. The first kappa shape index (κ1) is 14.5. The molecular weight excluding hydrogens is 230 g/mol. The predicted molar refractivity (Wildman–Crippen MR) is 70.5 cm³/mol. The average Bonchev–Trinajstić information content (AvgIpc) is 2.35. The van der Waals surface area contributed by atoms with Crippen LogP contribution in [0.4, 0.5) is 0 Å². The van der Waals surface area contributed by atoms with Crippen molar-refractivity contribution in [3.63, 3.8) is 0 Å². The Morgan fingerprint density at radius 2 is 2.22 bits per heavy atom. The van der Waals surface area contributed by atoms with Crippen LogP contribution in [0.1, 0.15) is 36.9 Å². The number of phenolic OH excluding ortho intramolecular Hbond substituents is 1. The van der Waals surface area contributed by atoms with Crippen molar-refractivity contribution >= 4 is 5.97 Å². The highest BCUT2D eigenvalue weighted by Gasteiger charge is 2.20. The zero-order valence-corrected chi connectivity index (χ0v) is 11.2. The van der Waals surface area contributed by atoms with Crippen molar-refractivity contribution in [3.05, 3.63) is 29.3 Å². The third kappa shape index (κ3) is 3.74. The van der Waals surface area contributed by atoms with E-state index in [1.807, 2.05) is 6.92 Å². The van der Waals surface area contributed by atoms with Gasteiger partial charge in [0.2, 0.25) is 0 Å². The molecule has 0 amide bonds. The molecule has 4 heteroatoms. The minimum Gasteiger partial charge on any atom is -0.508 e. The molecule has 1 rings (SSSR count). The predicted octanol–water partition coefficient (Wildman–Crippen LogP) is 2.30. The summed E-state index contributed by atoms with van der Waals surface area (Å²) in [5.74, 6) is -0.0519. The van der Waals surface area contributed by atoms with Crippen LogP contribution in [-0.2, 0) is 9.53 Å². The molecule has 0 aliphatic rings. The summed E-state index contributed by atoms with van der Waals surface area (Å²) in [6, 6.07) is 4.62. The second kappa shape index (κ2) is 7.01. The molecule has 18 heavy (non-hydrogen) atoms. The highest BCUT2D eigenvalue weighted by Crippen LogP contribution is 2.22. The van der Waals surface area contributed by atoms with Gasteiger partial charge in [-0.25, -0.2) is 4.79 Å². The molecule has 0 saturated heterocycles. The fraction of sp³-hybridized carbons (Fsp3) is 0.500. The van der Waals surface area contributed by atoms with Gasteiger partial charge in [-0.1, -0.05) is 25.5 Å². The van der Waals surface area contributed by atoms with E-state index in [1.54, 1.807) is 32.2 Å². The number of unbranched alkanes of at least 4 members (excludes halogenated alkanes) is 1. The average molecular weight is 251 g/mol. The van der Waals surface area contributed by atoms with Crippen molar-refractivity contribution in [1.82, 2.24) is 5.32 Å². The number of phenols is 1. The molecule has 2 N–H and O–H groups in total. The summed E-state index contributed by atoms with van der Waals surface area (Å²) < 4.78 is 5.20. The maximum Gasteiger partial charge on any atom is 0.327 e. The monoisotopic (exact) mass is 251 g/mol. The molecule has 1 aromatic rings. The lowest BCUT2D eigenvalue weighted by atomic mass is 10.0. The highest BCUT2D eigenvalue weighted by molar-refractivity contribution is 5.77. The molecule has 1 aromatic carbocycles. The van der Waals surface area contributed by atoms with Crippen molar-refractivity contribution in [3.8, 4) is 5.75 Å². The van der Waals surface area contributed by atoms with Crippen LogP contribution in [0.5, 0.6) is 5.75 Å². The molecule has 4 nitrogen and oxygen atoms in total. The second-order valence-electron chi connectivity index (χ2n) is 4.29. The number of esters is 1. The number of ether oxygens (including phenoxy) is 1. The van der Waals surface area contributed by atoms with Crippen LogP contribution in [0.3, 0.4) is 0 Å². The molecule has 0 aromatic heterocycles. The number of aromatic hydroxyl groups is 1. The number of hydrogen-bond donors (Lipinski definition) is 2. The molecule has 1 atom stereocenters. The SMILES string of the molecule is CCCCOC(=O)C(NC)c1ccc(O)c(C)c1. The van der Waals surface area contributed by atoms with Gasteiger partial charge in [-0.3, -0.25) is 0 Å². The van der Waals surface area contributed by atoms with Crippen LogP contribution >= 0.6 is 0 Å². The number of benzene rings is 1. The Labute approximate surface area is 108 Å². The summed E-state index contributed by atoms with van der Waals surface area (Å²) in [7, 11) is 1.72. The van der Waals surface area contributed by atoms with Gasteiger partial charge in [0, 0.05) is 0 Å². The summed E-state index contributed by atoms with van der Waals surface area (Å²) in [5.41, 5.74) is 1.54. The quantitative estimate of drug-likeness (QED) is 0.601. The van der Waals surface area contributed by atoms with Crippen molar-refractivity contribution < 1.29 is 14.6 Å². The second-order valence-corrected chi connectivity index (χ2v) is 4.29. The molecule has 0 spiro atoms. The summed E-state index contributed by atoms with van der Waals surface area (Å²) in [6.07, 6.45) is 1.87. The van der Waals surface area contributed by atoms with Gasteiger partial charge in [0.15, 0.2) is 0 Å². The summed E-state index contributed by atoms with van der Waals surface area (Å²) in [6.45, 7) is 4.30.